The van der Waals surface area contributed by atoms with E-state index in [2.05, 4.69) is 0 Å². The highest BCUT2D eigenvalue weighted by Crippen LogP contribution is 2.40. The van der Waals surface area contributed by atoms with Crippen LogP contribution in [0.2, 0.25) is 0 Å². The number of esters is 2. The van der Waals surface area contributed by atoms with E-state index in [0.717, 1.165) is 30.9 Å². The minimum absolute atomic E-state index is 0.110. The molecule has 4 rings (SSSR count). The number of anilines is 1. The van der Waals surface area contributed by atoms with E-state index in [9.17, 15) is 33.5 Å². The lowest BCUT2D eigenvalue weighted by atomic mass is 10.0. The maximum Gasteiger partial charge on any atom is 0.339 e. The van der Waals surface area contributed by atoms with Crippen molar-refractivity contribution in [1.82, 2.24) is 0 Å². The zero-order valence-electron chi connectivity index (χ0n) is 19.2. The van der Waals surface area contributed by atoms with Crippen LogP contribution in [-0.4, -0.2) is 34.8 Å². The Morgan fingerprint density at radius 3 is 1.94 bits per heavy atom. The van der Waals surface area contributed by atoms with Crippen molar-refractivity contribution in [3.05, 3.63) is 76.6 Å². The number of amides is 2. The largest absolute Gasteiger partial charge is 0.478 e. The van der Waals surface area contributed by atoms with E-state index in [0.29, 0.717) is 16.7 Å². The van der Waals surface area contributed by atoms with Gasteiger partial charge in [-0.2, -0.15) is 0 Å². The number of carbonyl (C=O) groups excluding carboxylic acids is 4. The summed E-state index contributed by atoms with van der Waals surface area (Å²) in [6, 6.07) is 10.7. The Labute approximate surface area is 203 Å². The van der Waals surface area contributed by atoms with Gasteiger partial charge < -0.3 is 14.6 Å². The number of imide groups is 1. The zero-order chi connectivity index (χ0) is 26.3. The molecule has 0 radical (unpaired) electrons. The molecule has 0 bridgehead atoms. The van der Waals surface area contributed by atoms with Crippen molar-refractivity contribution in [2.45, 2.75) is 20.8 Å². The number of aryl methyl sites for hydroxylation is 1. The second-order valence-corrected chi connectivity index (χ2v) is 7.98. The van der Waals surface area contributed by atoms with Crippen LogP contribution in [0.5, 0.6) is 11.5 Å². The lowest BCUT2D eigenvalue weighted by molar-refractivity contribution is -0.132. The van der Waals surface area contributed by atoms with Crippen molar-refractivity contribution in [3.8, 4) is 22.6 Å². The highest BCUT2D eigenvalue weighted by Gasteiger charge is 2.40. The molecule has 36 heavy (non-hydrogen) atoms. The molecule has 0 saturated carbocycles. The van der Waals surface area contributed by atoms with Crippen LogP contribution in [0.1, 0.15) is 50.5 Å². The van der Waals surface area contributed by atoms with Crippen LogP contribution in [0.25, 0.3) is 11.1 Å². The quantitative estimate of drug-likeness (QED) is 0.320. The lowest BCUT2D eigenvalue weighted by Crippen LogP contribution is -2.30. The van der Waals surface area contributed by atoms with Gasteiger partial charge in [-0.05, 0) is 53.9 Å². The Balaban J connectivity index is 1.87. The number of hydrogen-bond donors (Lipinski definition) is 1. The third-order valence-electron chi connectivity index (χ3n) is 5.43. The summed E-state index contributed by atoms with van der Waals surface area (Å²) in [5, 5.41) is 9.50. The van der Waals surface area contributed by atoms with E-state index in [-0.39, 0.29) is 22.6 Å². The molecule has 0 saturated heterocycles. The number of rotatable bonds is 5. The molecule has 9 nitrogen and oxygen atoms in total. The number of carboxylic acid groups (broad SMARTS) is 1. The number of carboxylic acids is 1. The Morgan fingerprint density at radius 1 is 0.806 bits per heavy atom. The number of nitrogens with zero attached hydrogens (tertiary/aromatic N) is 1. The number of benzene rings is 3. The predicted octanol–water partition coefficient (Wildman–Crippen LogP) is 4.15. The van der Waals surface area contributed by atoms with Gasteiger partial charge >= 0.3 is 17.9 Å². The molecular formula is C26H18FNO8. The molecule has 0 atom stereocenters. The maximum atomic E-state index is 14.2. The lowest BCUT2D eigenvalue weighted by Gasteiger charge is -2.19. The van der Waals surface area contributed by atoms with Gasteiger partial charge in [0, 0.05) is 13.8 Å². The molecular weight excluding hydrogens is 473 g/mol. The Morgan fingerprint density at radius 2 is 1.36 bits per heavy atom. The van der Waals surface area contributed by atoms with Gasteiger partial charge in [0.25, 0.3) is 11.8 Å². The van der Waals surface area contributed by atoms with Crippen LogP contribution in [0, 0.1) is 12.7 Å². The van der Waals surface area contributed by atoms with Crippen molar-refractivity contribution in [3.63, 3.8) is 0 Å². The van der Waals surface area contributed by atoms with Gasteiger partial charge in [0.05, 0.1) is 16.8 Å². The molecule has 0 aromatic heterocycles. The molecule has 1 aliphatic rings. The predicted molar refractivity (Wildman–Crippen MR) is 124 cm³/mol. The first-order chi connectivity index (χ1) is 17.0. The summed E-state index contributed by atoms with van der Waals surface area (Å²) in [5.41, 5.74) is 0.236. The first-order valence-electron chi connectivity index (χ1n) is 10.6. The van der Waals surface area contributed by atoms with Gasteiger partial charge in [-0.15, -0.1) is 0 Å². The Bertz CT molecular complexity index is 1490. The summed E-state index contributed by atoms with van der Waals surface area (Å²) in [7, 11) is 0. The van der Waals surface area contributed by atoms with Crippen molar-refractivity contribution in [1.29, 1.82) is 0 Å². The molecule has 3 aromatic carbocycles. The van der Waals surface area contributed by atoms with E-state index in [4.69, 9.17) is 9.47 Å². The molecule has 10 heteroatoms. The summed E-state index contributed by atoms with van der Waals surface area (Å²) < 4.78 is 24.3. The number of halogens is 1. The number of ether oxygens (including phenoxy) is 2. The van der Waals surface area contributed by atoms with Crippen molar-refractivity contribution in [2.24, 2.45) is 0 Å². The topological polar surface area (TPSA) is 127 Å². The minimum atomic E-state index is -1.48. The highest BCUT2D eigenvalue weighted by molar-refractivity contribution is 6.35. The normalized spacial score (nSPS) is 12.4. The average Bonchev–Trinajstić information content (AvgIpc) is 3.04. The molecule has 1 heterocycles. The molecule has 1 N–H and O–H groups in total. The summed E-state index contributed by atoms with van der Waals surface area (Å²) >= 11 is 0. The van der Waals surface area contributed by atoms with Crippen molar-refractivity contribution in [2.75, 3.05) is 4.90 Å². The SMILES string of the molecule is CC(=O)Oc1cc2c(cc1C(=O)O)C(=O)N(c1cc(-c3ccc(C)c(F)c3)ccc1OC(C)=O)C2=O. The van der Waals surface area contributed by atoms with Crippen molar-refractivity contribution < 1.29 is 42.9 Å². The standard InChI is InChI=1S/C26H18FNO8/c1-12-4-5-15(8-20(12)27)16-6-7-22(35-13(2)29)21(9-16)28-24(31)17-10-19(26(33)34)23(36-14(3)30)11-18(17)25(28)32/h4-11H,1-3H3,(H,33,34). The van der Waals surface area contributed by atoms with Gasteiger partial charge in [-0.25, -0.2) is 14.1 Å². The second kappa shape index (κ2) is 9.06. The summed E-state index contributed by atoms with van der Waals surface area (Å²) in [4.78, 5) is 62.2. The fraction of sp³-hybridized carbons (Fsp3) is 0.115. The van der Waals surface area contributed by atoms with Crippen LogP contribution in [0.4, 0.5) is 10.1 Å². The van der Waals surface area contributed by atoms with E-state index in [1.165, 1.54) is 24.3 Å². The van der Waals surface area contributed by atoms with Gasteiger partial charge in [-0.3, -0.25) is 19.2 Å². The number of aromatic carboxylic acids is 1. The molecule has 0 fully saturated rings. The number of carbonyl (C=O) groups is 5. The summed E-state index contributed by atoms with van der Waals surface area (Å²) in [6.07, 6.45) is 0. The first kappa shape index (κ1) is 24.3. The Hall–Kier alpha value is -4.86. The van der Waals surface area contributed by atoms with Gasteiger partial charge in [-0.1, -0.05) is 18.2 Å². The number of fused-ring (bicyclic) bond motifs is 1. The van der Waals surface area contributed by atoms with Gasteiger partial charge in [0.1, 0.15) is 17.1 Å². The van der Waals surface area contributed by atoms with Gasteiger partial charge in [0.15, 0.2) is 5.75 Å². The van der Waals surface area contributed by atoms with Crippen LogP contribution < -0.4 is 14.4 Å². The molecule has 182 valence electrons. The highest BCUT2D eigenvalue weighted by atomic mass is 19.1. The van der Waals surface area contributed by atoms with E-state index in [1.54, 1.807) is 19.1 Å². The molecule has 0 aliphatic carbocycles. The van der Waals surface area contributed by atoms with Crippen LogP contribution >= 0.6 is 0 Å². The maximum absolute atomic E-state index is 14.2. The first-order valence-corrected chi connectivity index (χ1v) is 10.6. The fourth-order valence-corrected chi connectivity index (χ4v) is 3.78. The van der Waals surface area contributed by atoms with E-state index < -0.39 is 46.9 Å². The third kappa shape index (κ3) is 4.31. The molecule has 1 aliphatic heterocycles. The van der Waals surface area contributed by atoms with E-state index in [1.807, 2.05) is 0 Å². The monoisotopic (exact) mass is 491 g/mol. The van der Waals surface area contributed by atoms with Crippen LogP contribution in [0.3, 0.4) is 0 Å². The molecule has 3 aromatic rings. The summed E-state index contributed by atoms with van der Waals surface area (Å²) in [6.45, 7) is 3.80. The Kier molecular flexibility index (Phi) is 6.11. The zero-order valence-corrected chi connectivity index (χ0v) is 19.2. The van der Waals surface area contributed by atoms with E-state index >= 15 is 0 Å². The third-order valence-corrected chi connectivity index (χ3v) is 5.43. The minimum Gasteiger partial charge on any atom is -0.478 e. The fourth-order valence-electron chi connectivity index (χ4n) is 3.78. The van der Waals surface area contributed by atoms with Crippen LogP contribution in [0.15, 0.2) is 48.5 Å². The van der Waals surface area contributed by atoms with Gasteiger partial charge in [0.2, 0.25) is 0 Å². The summed E-state index contributed by atoms with van der Waals surface area (Å²) in [5.74, 6) is -5.73. The molecule has 0 spiro atoms. The number of hydrogen-bond acceptors (Lipinski definition) is 7. The smallest absolute Gasteiger partial charge is 0.339 e. The van der Waals surface area contributed by atoms with Crippen LogP contribution in [-0.2, 0) is 9.59 Å². The second-order valence-electron chi connectivity index (χ2n) is 7.98. The molecule has 2 amide bonds. The van der Waals surface area contributed by atoms with Crippen molar-refractivity contribution >= 4 is 35.4 Å². The molecule has 0 unspecified atom stereocenters. The average molecular weight is 491 g/mol.